The van der Waals surface area contributed by atoms with Gasteiger partial charge in [-0.3, -0.25) is 0 Å². The number of hydrogen-bond donors (Lipinski definition) is 2. The van der Waals surface area contributed by atoms with E-state index in [1.807, 2.05) is 0 Å². The fourth-order valence-electron chi connectivity index (χ4n) is 2.00. The minimum atomic E-state index is -4.07. The maximum atomic E-state index is 13.8. The van der Waals surface area contributed by atoms with E-state index in [1.165, 1.54) is 19.1 Å². The van der Waals surface area contributed by atoms with Crippen LogP contribution < -0.4 is 4.72 Å². The third-order valence-corrected chi connectivity index (χ3v) is 5.22. The highest BCUT2D eigenvalue weighted by Crippen LogP contribution is 2.22. The number of hydrogen-bond acceptors (Lipinski definition) is 3. The second-order valence-corrected chi connectivity index (χ2v) is 7.44. The van der Waals surface area contributed by atoms with Crippen molar-refractivity contribution >= 4 is 26.0 Å². The van der Waals surface area contributed by atoms with Crippen molar-refractivity contribution in [1.82, 2.24) is 4.72 Å². The van der Waals surface area contributed by atoms with Gasteiger partial charge in [-0.15, -0.1) is 0 Å². The summed E-state index contributed by atoms with van der Waals surface area (Å²) in [5.41, 5.74) is 0.578. The first-order valence-corrected chi connectivity index (χ1v) is 8.79. The van der Waals surface area contributed by atoms with Crippen molar-refractivity contribution < 1.29 is 17.9 Å². The third-order valence-electron chi connectivity index (χ3n) is 3.14. The van der Waals surface area contributed by atoms with Crippen molar-refractivity contribution in [3.63, 3.8) is 0 Å². The van der Waals surface area contributed by atoms with E-state index in [9.17, 15) is 17.9 Å². The smallest absolute Gasteiger partial charge is 0.243 e. The Morgan fingerprint density at radius 1 is 1.18 bits per heavy atom. The minimum Gasteiger partial charge on any atom is -0.387 e. The lowest BCUT2D eigenvalue weighted by Crippen LogP contribution is -2.37. The van der Waals surface area contributed by atoms with Gasteiger partial charge in [0.25, 0.3) is 0 Å². The summed E-state index contributed by atoms with van der Waals surface area (Å²) in [6, 6.07) is 11.5. The number of aliphatic hydroxyl groups is 1. The van der Waals surface area contributed by atoms with Gasteiger partial charge in [-0.2, -0.15) is 0 Å². The molecule has 22 heavy (non-hydrogen) atoms. The summed E-state index contributed by atoms with van der Waals surface area (Å²) in [4.78, 5) is -0.456. The lowest BCUT2D eigenvalue weighted by atomic mass is 10.0. The first-order valence-electron chi connectivity index (χ1n) is 6.51. The third kappa shape index (κ3) is 3.92. The van der Waals surface area contributed by atoms with Crippen LogP contribution in [0.4, 0.5) is 4.39 Å². The van der Waals surface area contributed by atoms with E-state index in [4.69, 9.17) is 0 Å². The summed E-state index contributed by atoms with van der Waals surface area (Å²) < 4.78 is 41.0. The Labute approximate surface area is 137 Å². The largest absolute Gasteiger partial charge is 0.387 e. The van der Waals surface area contributed by atoms with Gasteiger partial charge in [-0.25, -0.2) is 17.5 Å². The quantitative estimate of drug-likeness (QED) is 0.828. The molecule has 118 valence electrons. The Kier molecular flexibility index (Phi) is 5.33. The molecule has 0 heterocycles. The fourth-order valence-corrected chi connectivity index (χ4v) is 3.65. The normalized spacial score (nSPS) is 14.5. The number of benzene rings is 2. The molecule has 0 aliphatic rings. The number of halogens is 2. The SMILES string of the molecule is C[C@@H](NS(=O)(=O)c1ccc(Br)cc1F)[C@@H](O)c1ccccc1. The molecule has 0 spiro atoms. The first-order chi connectivity index (χ1) is 10.3. The Bertz CT molecular complexity index is 753. The lowest BCUT2D eigenvalue weighted by molar-refractivity contribution is 0.146. The summed E-state index contributed by atoms with van der Waals surface area (Å²) in [6.45, 7) is 1.52. The molecule has 4 nitrogen and oxygen atoms in total. The van der Waals surface area contributed by atoms with Gasteiger partial charge in [0, 0.05) is 10.5 Å². The van der Waals surface area contributed by atoms with Crippen molar-refractivity contribution in [3.8, 4) is 0 Å². The monoisotopic (exact) mass is 387 g/mol. The van der Waals surface area contributed by atoms with Gasteiger partial charge in [0.15, 0.2) is 0 Å². The van der Waals surface area contributed by atoms with Gasteiger partial charge in [0.1, 0.15) is 10.7 Å². The maximum absolute atomic E-state index is 13.8. The summed E-state index contributed by atoms with van der Waals surface area (Å²) in [5.74, 6) is -0.858. The van der Waals surface area contributed by atoms with Gasteiger partial charge < -0.3 is 5.11 Å². The van der Waals surface area contributed by atoms with Gasteiger partial charge >= 0.3 is 0 Å². The second kappa shape index (κ2) is 6.87. The molecule has 7 heteroatoms. The van der Waals surface area contributed by atoms with Crippen LogP contribution in [-0.4, -0.2) is 19.6 Å². The summed E-state index contributed by atoms with van der Waals surface area (Å²) in [7, 11) is -4.07. The van der Waals surface area contributed by atoms with E-state index < -0.39 is 32.9 Å². The lowest BCUT2D eigenvalue weighted by Gasteiger charge is -2.20. The summed E-state index contributed by atoms with van der Waals surface area (Å²) in [6.07, 6.45) is -1.03. The Hall–Kier alpha value is -1.28. The molecule has 2 N–H and O–H groups in total. The van der Waals surface area contributed by atoms with Crippen molar-refractivity contribution in [3.05, 3.63) is 64.4 Å². The molecule has 2 atom stereocenters. The summed E-state index contributed by atoms with van der Waals surface area (Å²) in [5, 5.41) is 10.2. The molecule has 0 fully saturated rings. The average Bonchev–Trinajstić information content (AvgIpc) is 2.46. The molecule has 0 bridgehead atoms. The molecule has 0 saturated carbocycles. The minimum absolute atomic E-state index is 0.446. The standard InChI is InChI=1S/C15H15BrFNO3S/c1-10(15(19)11-5-3-2-4-6-11)18-22(20,21)14-8-7-12(16)9-13(14)17/h2-10,15,18-19H,1H3/t10-,15-/m1/s1. The molecule has 0 aromatic heterocycles. The molecule has 0 aliphatic heterocycles. The van der Waals surface area contributed by atoms with E-state index in [0.29, 0.717) is 10.0 Å². The number of sulfonamides is 1. The highest BCUT2D eigenvalue weighted by molar-refractivity contribution is 9.10. The Balaban J connectivity index is 2.21. The van der Waals surface area contributed by atoms with Crippen molar-refractivity contribution in [2.45, 2.75) is 24.0 Å². The van der Waals surface area contributed by atoms with Crippen LogP contribution in [0.3, 0.4) is 0 Å². The molecule has 0 radical (unpaired) electrons. The highest BCUT2D eigenvalue weighted by atomic mass is 79.9. The fraction of sp³-hybridized carbons (Fsp3) is 0.200. The molecule has 2 rings (SSSR count). The predicted octanol–water partition coefficient (Wildman–Crippen LogP) is 2.99. The molecular weight excluding hydrogens is 373 g/mol. The first kappa shape index (κ1) is 17.1. The van der Waals surface area contributed by atoms with Crippen LogP contribution in [-0.2, 0) is 10.0 Å². The van der Waals surface area contributed by atoms with Crippen LogP contribution in [0.2, 0.25) is 0 Å². The zero-order chi connectivity index (χ0) is 16.3. The maximum Gasteiger partial charge on any atom is 0.243 e. The van der Waals surface area contributed by atoms with E-state index in [-0.39, 0.29) is 0 Å². The number of rotatable bonds is 5. The van der Waals surface area contributed by atoms with E-state index in [2.05, 4.69) is 20.7 Å². The molecule has 0 saturated heterocycles. The van der Waals surface area contributed by atoms with Crippen LogP contribution in [0.15, 0.2) is 57.9 Å². The molecule has 0 unspecified atom stereocenters. The van der Waals surface area contributed by atoms with Crippen LogP contribution in [0, 0.1) is 5.82 Å². The van der Waals surface area contributed by atoms with Gasteiger partial charge in [-0.1, -0.05) is 46.3 Å². The molecule has 2 aromatic carbocycles. The topological polar surface area (TPSA) is 66.4 Å². The van der Waals surface area contributed by atoms with Crippen LogP contribution in [0.25, 0.3) is 0 Å². The van der Waals surface area contributed by atoms with Gasteiger partial charge in [-0.05, 0) is 30.7 Å². The highest BCUT2D eigenvalue weighted by Gasteiger charge is 2.25. The number of aliphatic hydroxyl groups excluding tert-OH is 1. The van der Waals surface area contributed by atoms with Crippen LogP contribution >= 0.6 is 15.9 Å². The average molecular weight is 388 g/mol. The Morgan fingerprint density at radius 3 is 2.41 bits per heavy atom. The zero-order valence-electron chi connectivity index (χ0n) is 11.7. The second-order valence-electron chi connectivity index (χ2n) is 4.84. The van der Waals surface area contributed by atoms with Crippen LogP contribution in [0.5, 0.6) is 0 Å². The molecule has 0 aliphatic carbocycles. The molecule has 0 amide bonds. The van der Waals surface area contributed by atoms with Crippen LogP contribution in [0.1, 0.15) is 18.6 Å². The number of nitrogens with one attached hydrogen (secondary N) is 1. The molecule has 2 aromatic rings. The Morgan fingerprint density at radius 2 is 1.82 bits per heavy atom. The van der Waals surface area contributed by atoms with Gasteiger partial charge in [0.05, 0.1) is 6.10 Å². The van der Waals surface area contributed by atoms with Crippen molar-refractivity contribution in [1.29, 1.82) is 0 Å². The van der Waals surface area contributed by atoms with E-state index in [1.54, 1.807) is 30.3 Å². The van der Waals surface area contributed by atoms with Crippen molar-refractivity contribution in [2.24, 2.45) is 0 Å². The zero-order valence-corrected chi connectivity index (χ0v) is 14.1. The van der Waals surface area contributed by atoms with Gasteiger partial charge in [0.2, 0.25) is 10.0 Å². The van der Waals surface area contributed by atoms with Crippen molar-refractivity contribution in [2.75, 3.05) is 0 Å². The van der Waals surface area contributed by atoms with E-state index >= 15 is 0 Å². The van der Waals surface area contributed by atoms with E-state index in [0.717, 1.165) is 6.07 Å². The molecular formula is C15H15BrFNO3S. The summed E-state index contributed by atoms with van der Waals surface area (Å²) >= 11 is 3.07. The predicted molar refractivity (Wildman–Crippen MR) is 85.3 cm³/mol.